The average molecular weight is 242 g/mol. The van der Waals surface area contributed by atoms with Crippen LogP contribution in [0.25, 0.3) is 0 Å². The van der Waals surface area contributed by atoms with Crippen molar-refractivity contribution in [3.05, 3.63) is 29.8 Å². The monoisotopic (exact) mass is 242 g/mol. The Hall–Kier alpha value is -1.40. The molecule has 5 nitrogen and oxygen atoms in total. The van der Waals surface area contributed by atoms with Crippen LogP contribution in [0.1, 0.15) is 10.4 Å². The number of hydrogen-bond acceptors (Lipinski definition) is 4. The Kier molecular flexibility index (Phi) is 3.66. The molecule has 0 atom stereocenters. The van der Waals surface area contributed by atoms with E-state index in [9.17, 15) is 13.2 Å². The first-order valence-corrected chi connectivity index (χ1v) is 6.49. The normalized spacial score (nSPS) is 11.2. The van der Waals surface area contributed by atoms with Crippen LogP contribution in [-0.2, 0) is 10.0 Å². The van der Waals surface area contributed by atoms with Gasteiger partial charge >= 0.3 is 0 Å². The maximum absolute atomic E-state index is 11.5. The smallest absolute Gasteiger partial charge is 0.232 e. The van der Waals surface area contributed by atoms with Gasteiger partial charge in [-0.15, -0.1) is 0 Å². The van der Waals surface area contributed by atoms with Crippen LogP contribution < -0.4 is 10.0 Å². The molecule has 0 aromatic heterocycles. The highest BCUT2D eigenvalue weighted by Gasteiger charge is 2.18. The van der Waals surface area contributed by atoms with E-state index in [1.54, 1.807) is 24.3 Å². The first-order chi connectivity index (χ1) is 7.38. The second-order valence-electron chi connectivity index (χ2n) is 3.37. The molecule has 2 N–H and O–H groups in total. The molecular weight excluding hydrogens is 228 g/mol. The highest BCUT2D eigenvalue weighted by Crippen LogP contribution is 2.21. The zero-order valence-corrected chi connectivity index (χ0v) is 9.99. The molecule has 1 rings (SSSR count). The Morgan fingerprint density at radius 1 is 1.38 bits per heavy atom. The van der Waals surface area contributed by atoms with E-state index in [-0.39, 0.29) is 12.3 Å². The zero-order chi connectivity index (χ0) is 12.3. The molecule has 0 radical (unpaired) electrons. The molecule has 0 aliphatic heterocycles. The highest BCUT2D eigenvalue weighted by atomic mass is 32.2. The lowest BCUT2D eigenvalue weighted by molar-refractivity contribution is 0.100. The molecule has 0 fully saturated rings. The molecule has 0 spiro atoms. The van der Waals surface area contributed by atoms with Crippen molar-refractivity contribution in [3.63, 3.8) is 0 Å². The Bertz CT molecular complexity index is 497. The van der Waals surface area contributed by atoms with Gasteiger partial charge in [0.2, 0.25) is 10.0 Å². The predicted molar refractivity (Wildman–Crippen MR) is 63.1 cm³/mol. The van der Waals surface area contributed by atoms with E-state index < -0.39 is 10.0 Å². The number of rotatable bonds is 4. The van der Waals surface area contributed by atoms with Crippen molar-refractivity contribution in [2.45, 2.75) is 0 Å². The van der Waals surface area contributed by atoms with Gasteiger partial charge in [0.15, 0.2) is 5.78 Å². The van der Waals surface area contributed by atoms with Crippen molar-refractivity contribution in [2.24, 2.45) is 5.73 Å². The molecule has 0 amide bonds. The second-order valence-corrected chi connectivity index (χ2v) is 5.39. The number of carbonyl (C=O) groups excluding carboxylic acids is 1. The summed E-state index contributed by atoms with van der Waals surface area (Å²) in [5, 5.41) is 0. The Morgan fingerprint density at radius 3 is 2.44 bits per heavy atom. The number of Topliss-reactive ketones (excluding diaryl/α,β-unsaturated/α-hetero) is 1. The van der Waals surface area contributed by atoms with Crippen LogP contribution in [0.4, 0.5) is 5.69 Å². The Labute approximate surface area is 94.9 Å². The molecule has 1 aromatic rings. The minimum Gasteiger partial charge on any atom is -0.324 e. The van der Waals surface area contributed by atoms with Crippen LogP contribution in [0.5, 0.6) is 0 Å². The number of benzene rings is 1. The van der Waals surface area contributed by atoms with Crippen molar-refractivity contribution >= 4 is 21.5 Å². The molecule has 0 heterocycles. The third-order valence-electron chi connectivity index (χ3n) is 2.23. The summed E-state index contributed by atoms with van der Waals surface area (Å²) in [5.41, 5.74) is 5.93. The summed E-state index contributed by atoms with van der Waals surface area (Å²) >= 11 is 0. The lowest BCUT2D eigenvalue weighted by Gasteiger charge is -2.19. The molecule has 6 heteroatoms. The summed E-state index contributed by atoms with van der Waals surface area (Å²) < 4.78 is 23.8. The van der Waals surface area contributed by atoms with Gasteiger partial charge < -0.3 is 5.73 Å². The molecule has 0 saturated carbocycles. The van der Waals surface area contributed by atoms with E-state index in [1.807, 2.05) is 0 Å². The lowest BCUT2D eigenvalue weighted by Crippen LogP contribution is -2.27. The summed E-state index contributed by atoms with van der Waals surface area (Å²) in [6.45, 7) is -0.144. The van der Waals surface area contributed by atoms with Crippen molar-refractivity contribution in [1.82, 2.24) is 0 Å². The quantitative estimate of drug-likeness (QED) is 0.766. The minimum atomic E-state index is -3.38. The second kappa shape index (κ2) is 4.63. The fourth-order valence-electron chi connectivity index (χ4n) is 1.27. The summed E-state index contributed by atoms with van der Waals surface area (Å²) in [5.74, 6) is -0.286. The highest BCUT2D eigenvalue weighted by molar-refractivity contribution is 7.92. The third-order valence-corrected chi connectivity index (χ3v) is 3.42. The molecule has 0 aliphatic carbocycles. The number of carbonyl (C=O) groups is 1. The van der Waals surface area contributed by atoms with Gasteiger partial charge in [0, 0.05) is 12.6 Å². The minimum absolute atomic E-state index is 0.144. The van der Waals surface area contributed by atoms with Crippen molar-refractivity contribution in [3.8, 4) is 0 Å². The first-order valence-electron chi connectivity index (χ1n) is 4.64. The lowest BCUT2D eigenvalue weighted by atomic mass is 10.1. The van der Waals surface area contributed by atoms with E-state index in [0.717, 1.165) is 10.6 Å². The first kappa shape index (κ1) is 12.7. The molecular formula is C10H14N2O3S. The van der Waals surface area contributed by atoms with Gasteiger partial charge in [-0.1, -0.05) is 12.1 Å². The molecule has 0 unspecified atom stereocenters. The summed E-state index contributed by atoms with van der Waals surface area (Å²) in [4.78, 5) is 11.5. The molecule has 88 valence electrons. The Morgan fingerprint density at radius 2 is 1.94 bits per heavy atom. The molecule has 0 saturated heterocycles. The Balaban J connectivity index is 3.29. The molecule has 0 aliphatic rings. The van der Waals surface area contributed by atoms with Gasteiger partial charge in [0.05, 0.1) is 18.5 Å². The predicted octanol–water partition coefficient (Wildman–Crippen LogP) is 0.224. The van der Waals surface area contributed by atoms with Crippen LogP contribution in [0, 0.1) is 0 Å². The average Bonchev–Trinajstić information content (AvgIpc) is 2.25. The van der Waals surface area contributed by atoms with E-state index in [4.69, 9.17) is 5.73 Å². The number of sulfonamides is 1. The number of anilines is 1. The fraction of sp³-hybridized carbons (Fsp3) is 0.300. The van der Waals surface area contributed by atoms with Crippen molar-refractivity contribution in [1.29, 1.82) is 0 Å². The van der Waals surface area contributed by atoms with E-state index in [2.05, 4.69) is 0 Å². The largest absolute Gasteiger partial charge is 0.324 e. The maximum Gasteiger partial charge on any atom is 0.232 e. The van der Waals surface area contributed by atoms with E-state index in [0.29, 0.717) is 11.3 Å². The number of ketones is 1. The molecule has 1 aromatic carbocycles. The number of nitrogens with zero attached hydrogens (tertiary/aromatic N) is 1. The number of nitrogens with two attached hydrogens (primary N) is 1. The van der Waals surface area contributed by atoms with Crippen LogP contribution >= 0.6 is 0 Å². The summed E-state index contributed by atoms with van der Waals surface area (Å²) in [6, 6.07) is 6.48. The zero-order valence-electron chi connectivity index (χ0n) is 9.17. The summed E-state index contributed by atoms with van der Waals surface area (Å²) in [7, 11) is -1.98. The molecule has 0 bridgehead atoms. The number of para-hydroxylation sites is 1. The van der Waals surface area contributed by atoms with Crippen LogP contribution in [0.15, 0.2) is 24.3 Å². The standard InChI is InChI=1S/C10H14N2O3S/c1-12(16(2,14)15)9-6-4-3-5-8(9)10(13)7-11/h3-6H,7,11H2,1-2H3. The topological polar surface area (TPSA) is 80.5 Å². The van der Waals surface area contributed by atoms with Crippen LogP contribution in [0.3, 0.4) is 0 Å². The van der Waals surface area contributed by atoms with Gasteiger partial charge in [0.1, 0.15) is 0 Å². The third kappa shape index (κ3) is 2.59. The molecule has 16 heavy (non-hydrogen) atoms. The van der Waals surface area contributed by atoms with E-state index >= 15 is 0 Å². The maximum atomic E-state index is 11.5. The van der Waals surface area contributed by atoms with Gasteiger partial charge in [-0.2, -0.15) is 0 Å². The van der Waals surface area contributed by atoms with Crippen molar-refractivity contribution in [2.75, 3.05) is 24.2 Å². The summed E-state index contributed by atoms with van der Waals surface area (Å²) in [6.07, 6.45) is 1.08. The SMILES string of the molecule is CN(c1ccccc1C(=O)CN)S(C)(=O)=O. The van der Waals surface area contributed by atoms with Gasteiger partial charge in [-0.25, -0.2) is 8.42 Å². The van der Waals surface area contributed by atoms with Crippen LogP contribution in [0.2, 0.25) is 0 Å². The van der Waals surface area contributed by atoms with Gasteiger partial charge in [-0.05, 0) is 12.1 Å². The van der Waals surface area contributed by atoms with Gasteiger partial charge in [0.25, 0.3) is 0 Å². The van der Waals surface area contributed by atoms with Crippen LogP contribution in [-0.4, -0.2) is 34.0 Å². The number of hydrogen-bond donors (Lipinski definition) is 1. The van der Waals surface area contributed by atoms with E-state index in [1.165, 1.54) is 7.05 Å². The van der Waals surface area contributed by atoms with Crippen molar-refractivity contribution < 1.29 is 13.2 Å². The van der Waals surface area contributed by atoms with Gasteiger partial charge in [-0.3, -0.25) is 9.10 Å². The fourth-order valence-corrected chi connectivity index (χ4v) is 1.79.